The third-order valence-corrected chi connectivity index (χ3v) is 6.54. The number of carbonyl (C=O) groups is 1. The third-order valence-electron chi connectivity index (χ3n) is 6.30. The molecule has 10 heteroatoms. The highest BCUT2D eigenvalue weighted by atomic mass is 35.5. The standard InChI is InChI=1S/C24H22ClN3O6/c25-16-5-6-19-18(14-16)22(29)20-21(15-3-1-4-17(13-15)28(31)32)27(24(30)23(20)34-19)8-2-7-26-9-11-33-12-10-26/h1,3-6,13-14,21H,2,7-12H2/t21-/m0/s1. The first-order valence-corrected chi connectivity index (χ1v) is 11.4. The van der Waals surface area contributed by atoms with Crippen molar-refractivity contribution in [3.05, 3.63) is 84.7 Å². The largest absolute Gasteiger partial charge is 0.450 e. The van der Waals surface area contributed by atoms with Crippen molar-refractivity contribution in [1.82, 2.24) is 9.80 Å². The van der Waals surface area contributed by atoms with Gasteiger partial charge in [-0.3, -0.25) is 24.6 Å². The number of nitrogens with zero attached hydrogens (tertiary/aromatic N) is 3. The number of non-ortho nitro benzene ring substituents is 1. The lowest BCUT2D eigenvalue weighted by atomic mass is 9.98. The molecule has 0 radical (unpaired) electrons. The number of fused-ring (bicyclic) bond motifs is 2. The first-order chi connectivity index (χ1) is 16.4. The van der Waals surface area contributed by atoms with Crippen molar-refractivity contribution in [3.63, 3.8) is 0 Å². The Morgan fingerprint density at radius 1 is 1.09 bits per heavy atom. The van der Waals surface area contributed by atoms with Crippen molar-refractivity contribution < 1.29 is 18.9 Å². The molecule has 0 N–H and O–H groups in total. The predicted molar refractivity (Wildman–Crippen MR) is 125 cm³/mol. The summed E-state index contributed by atoms with van der Waals surface area (Å²) in [6.07, 6.45) is 0.671. The number of ether oxygens (including phenoxy) is 1. The molecule has 1 saturated heterocycles. The molecule has 2 aliphatic rings. The summed E-state index contributed by atoms with van der Waals surface area (Å²) in [5.41, 5.74) is 0.474. The lowest BCUT2D eigenvalue weighted by Crippen LogP contribution is -2.38. The molecule has 0 saturated carbocycles. The highest BCUT2D eigenvalue weighted by Gasteiger charge is 2.42. The van der Waals surface area contributed by atoms with E-state index >= 15 is 0 Å². The first kappa shape index (κ1) is 22.5. The lowest BCUT2D eigenvalue weighted by molar-refractivity contribution is -0.384. The smallest absolute Gasteiger partial charge is 0.290 e. The van der Waals surface area contributed by atoms with E-state index < -0.39 is 16.9 Å². The Kier molecular flexibility index (Phi) is 6.07. The van der Waals surface area contributed by atoms with Crippen LogP contribution in [0.15, 0.2) is 51.7 Å². The van der Waals surface area contributed by atoms with Crippen LogP contribution in [0.1, 0.15) is 34.1 Å². The second kappa shape index (κ2) is 9.17. The van der Waals surface area contributed by atoms with Gasteiger partial charge in [0.25, 0.3) is 11.6 Å². The van der Waals surface area contributed by atoms with Crippen LogP contribution < -0.4 is 5.43 Å². The van der Waals surface area contributed by atoms with Gasteiger partial charge in [-0.2, -0.15) is 0 Å². The van der Waals surface area contributed by atoms with E-state index in [4.69, 9.17) is 20.8 Å². The Morgan fingerprint density at radius 3 is 2.65 bits per heavy atom. The van der Waals surface area contributed by atoms with Crippen molar-refractivity contribution in [3.8, 4) is 0 Å². The average molecular weight is 484 g/mol. The van der Waals surface area contributed by atoms with Gasteiger partial charge in [0.15, 0.2) is 5.43 Å². The van der Waals surface area contributed by atoms with Gasteiger partial charge < -0.3 is 14.1 Å². The number of carbonyl (C=O) groups excluding carboxylic acids is 1. The van der Waals surface area contributed by atoms with E-state index in [0.717, 1.165) is 19.6 Å². The molecule has 1 fully saturated rings. The summed E-state index contributed by atoms with van der Waals surface area (Å²) in [5, 5.41) is 12.0. The maximum atomic E-state index is 13.5. The zero-order valence-electron chi connectivity index (χ0n) is 18.2. The lowest BCUT2D eigenvalue weighted by Gasteiger charge is -2.29. The number of morpholine rings is 1. The maximum absolute atomic E-state index is 13.5. The SMILES string of the molecule is O=C1c2oc3ccc(Cl)cc3c(=O)c2[C@H](c2cccc([N+](=O)[O-])c2)N1CCCN1CCOCC1. The second-order valence-corrected chi connectivity index (χ2v) is 8.81. The molecular weight excluding hydrogens is 462 g/mol. The molecule has 0 bridgehead atoms. The molecule has 1 aromatic heterocycles. The number of hydrogen-bond acceptors (Lipinski definition) is 7. The summed E-state index contributed by atoms with van der Waals surface area (Å²) < 4.78 is 11.3. The van der Waals surface area contributed by atoms with Crippen LogP contribution in [-0.2, 0) is 4.74 Å². The van der Waals surface area contributed by atoms with E-state index in [1.807, 2.05) is 0 Å². The Morgan fingerprint density at radius 2 is 1.88 bits per heavy atom. The molecule has 9 nitrogen and oxygen atoms in total. The molecule has 3 heterocycles. The topological polar surface area (TPSA) is 106 Å². The van der Waals surface area contributed by atoms with E-state index in [1.165, 1.54) is 18.2 Å². The van der Waals surface area contributed by atoms with Crippen molar-refractivity contribution in [2.45, 2.75) is 12.5 Å². The van der Waals surface area contributed by atoms with E-state index in [9.17, 15) is 19.7 Å². The zero-order chi connectivity index (χ0) is 23.8. The molecule has 0 aliphatic carbocycles. The molecule has 0 spiro atoms. The van der Waals surface area contributed by atoms with Gasteiger partial charge in [-0.1, -0.05) is 23.7 Å². The number of nitro groups is 1. The molecular formula is C24H22ClN3O6. The first-order valence-electron chi connectivity index (χ1n) is 11.1. The monoisotopic (exact) mass is 483 g/mol. The average Bonchev–Trinajstić information content (AvgIpc) is 3.12. The Bertz CT molecular complexity index is 1330. The molecule has 34 heavy (non-hydrogen) atoms. The molecule has 3 aromatic rings. The summed E-state index contributed by atoms with van der Waals surface area (Å²) in [4.78, 5) is 41.7. The number of halogens is 1. The van der Waals surface area contributed by atoms with E-state index in [1.54, 1.807) is 29.2 Å². The second-order valence-electron chi connectivity index (χ2n) is 8.38. The van der Waals surface area contributed by atoms with Gasteiger partial charge in [-0.25, -0.2) is 0 Å². The van der Waals surface area contributed by atoms with Crippen LogP contribution in [0.4, 0.5) is 5.69 Å². The van der Waals surface area contributed by atoms with Gasteiger partial charge in [0.2, 0.25) is 5.76 Å². The predicted octanol–water partition coefficient (Wildman–Crippen LogP) is 3.62. The van der Waals surface area contributed by atoms with Crippen LogP contribution in [0.5, 0.6) is 0 Å². The fourth-order valence-electron chi connectivity index (χ4n) is 4.67. The third kappa shape index (κ3) is 4.06. The number of amides is 1. The molecule has 1 amide bonds. The van der Waals surface area contributed by atoms with Crippen LogP contribution in [0.2, 0.25) is 5.02 Å². The van der Waals surface area contributed by atoms with Crippen molar-refractivity contribution >= 4 is 34.2 Å². The molecule has 1 atom stereocenters. The number of hydrogen-bond donors (Lipinski definition) is 0. The Balaban J connectivity index is 1.56. The normalized spacial score (nSPS) is 18.4. The zero-order valence-corrected chi connectivity index (χ0v) is 19.0. The molecule has 0 unspecified atom stereocenters. The van der Waals surface area contributed by atoms with Crippen LogP contribution in [0.3, 0.4) is 0 Å². The van der Waals surface area contributed by atoms with Crippen LogP contribution in [0.25, 0.3) is 11.0 Å². The molecule has 2 aromatic carbocycles. The van der Waals surface area contributed by atoms with E-state index in [2.05, 4.69) is 4.90 Å². The van der Waals surface area contributed by atoms with Gasteiger partial charge in [-0.15, -0.1) is 0 Å². The van der Waals surface area contributed by atoms with Gasteiger partial charge in [0.05, 0.1) is 35.1 Å². The quantitative estimate of drug-likeness (QED) is 0.389. The number of rotatable bonds is 6. The van der Waals surface area contributed by atoms with Crippen LogP contribution >= 0.6 is 11.6 Å². The maximum Gasteiger partial charge on any atom is 0.290 e. The fraction of sp³-hybridized carbons (Fsp3) is 0.333. The molecule has 2 aliphatic heterocycles. The molecule has 176 valence electrons. The van der Waals surface area contributed by atoms with E-state index in [0.29, 0.717) is 36.8 Å². The van der Waals surface area contributed by atoms with E-state index in [-0.39, 0.29) is 33.4 Å². The summed E-state index contributed by atoms with van der Waals surface area (Å²) in [6, 6.07) is 9.92. The van der Waals surface area contributed by atoms with Crippen LogP contribution in [0, 0.1) is 10.1 Å². The summed E-state index contributed by atoms with van der Waals surface area (Å²) in [7, 11) is 0. The number of benzene rings is 2. The summed E-state index contributed by atoms with van der Waals surface area (Å²) in [6.45, 7) is 4.15. The fourth-order valence-corrected chi connectivity index (χ4v) is 4.84. The van der Waals surface area contributed by atoms with Crippen molar-refractivity contribution in [2.24, 2.45) is 0 Å². The minimum Gasteiger partial charge on any atom is -0.450 e. The minimum absolute atomic E-state index is 0.0253. The van der Waals surface area contributed by atoms with Gasteiger partial charge >= 0.3 is 0 Å². The van der Waals surface area contributed by atoms with Crippen LogP contribution in [-0.4, -0.2) is 60.0 Å². The Labute approximate surface area is 199 Å². The van der Waals surface area contributed by atoms with Gasteiger partial charge in [0.1, 0.15) is 5.58 Å². The number of nitro benzene ring substituents is 1. The van der Waals surface area contributed by atoms with Gasteiger partial charge in [0, 0.05) is 43.3 Å². The Hall–Kier alpha value is -3.27. The highest BCUT2D eigenvalue weighted by Crippen LogP contribution is 2.39. The van der Waals surface area contributed by atoms with Crippen molar-refractivity contribution in [1.29, 1.82) is 0 Å². The minimum atomic E-state index is -0.785. The summed E-state index contributed by atoms with van der Waals surface area (Å²) in [5.74, 6) is -0.426. The van der Waals surface area contributed by atoms with Gasteiger partial charge in [-0.05, 0) is 30.2 Å². The van der Waals surface area contributed by atoms with Crippen molar-refractivity contribution in [2.75, 3.05) is 39.4 Å². The summed E-state index contributed by atoms with van der Waals surface area (Å²) >= 11 is 6.10. The highest BCUT2D eigenvalue weighted by molar-refractivity contribution is 6.31. The molecule has 5 rings (SSSR count).